The zero-order valence-electron chi connectivity index (χ0n) is 25.9. The lowest BCUT2D eigenvalue weighted by molar-refractivity contribution is 0.0989. The maximum Gasteiger partial charge on any atom is 0.323 e. The first-order chi connectivity index (χ1) is 22.2. The predicted molar refractivity (Wildman–Crippen MR) is 177 cm³/mol. The number of piperazine rings is 1. The molecule has 0 atom stereocenters. The second kappa shape index (κ2) is 13.6. The van der Waals surface area contributed by atoms with Crippen molar-refractivity contribution in [1.29, 1.82) is 0 Å². The van der Waals surface area contributed by atoms with E-state index in [1.54, 1.807) is 17.0 Å². The van der Waals surface area contributed by atoms with Gasteiger partial charge in [-0.25, -0.2) is 13.6 Å². The van der Waals surface area contributed by atoms with E-state index in [0.29, 0.717) is 29.9 Å². The van der Waals surface area contributed by atoms with Gasteiger partial charge in [0.15, 0.2) is 0 Å². The van der Waals surface area contributed by atoms with Gasteiger partial charge in [-0.1, -0.05) is 36.4 Å². The number of nitrogens with zero attached hydrogens (tertiary/aromatic N) is 3. The third kappa shape index (κ3) is 6.97. The van der Waals surface area contributed by atoms with E-state index in [0.717, 1.165) is 67.4 Å². The number of ether oxygens (including phenoxy) is 1. The number of fused-ring (bicyclic) bond motifs is 1. The van der Waals surface area contributed by atoms with Gasteiger partial charge in [0.2, 0.25) is 0 Å². The highest BCUT2D eigenvalue weighted by molar-refractivity contribution is 6.08. The lowest BCUT2D eigenvalue weighted by Crippen LogP contribution is -2.46. The number of hydrogen-bond donors (Lipinski definition) is 2. The van der Waals surface area contributed by atoms with Crippen molar-refractivity contribution in [3.05, 3.63) is 113 Å². The van der Waals surface area contributed by atoms with Crippen LogP contribution >= 0.6 is 0 Å². The molecule has 2 aliphatic rings. The van der Waals surface area contributed by atoms with E-state index in [-0.39, 0.29) is 12.0 Å². The van der Waals surface area contributed by atoms with Crippen molar-refractivity contribution in [3.8, 4) is 5.75 Å². The van der Waals surface area contributed by atoms with Crippen LogP contribution < -0.4 is 25.2 Å². The summed E-state index contributed by atoms with van der Waals surface area (Å²) in [6.07, 6.45) is 0.791. The molecule has 0 saturated carbocycles. The lowest BCUT2D eigenvalue weighted by Gasteiger charge is -2.37. The quantitative estimate of drug-likeness (QED) is 0.222. The van der Waals surface area contributed by atoms with Crippen molar-refractivity contribution < 1.29 is 23.1 Å². The topological polar surface area (TPSA) is 77.2 Å². The fourth-order valence-corrected chi connectivity index (χ4v) is 6.00. The average molecular weight is 626 g/mol. The van der Waals surface area contributed by atoms with Gasteiger partial charge in [0.05, 0.1) is 11.8 Å². The van der Waals surface area contributed by atoms with Crippen molar-refractivity contribution in [1.82, 2.24) is 4.90 Å². The van der Waals surface area contributed by atoms with E-state index in [4.69, 9.17) is 4.74 Å². The summed E-state index contributed by atoms with van der Waals surface area (Å²) in [4.78, 5) is 32.7. The van der Waals surface area contributed by atoms with E-state index in [1.165, 1.54) is 6.07 Å². The molecule has 3 amide bonds. The smallest absolute Gasteiger partial charge is 0.323 e. The summed E-state index contributed by atoms with van der Waals surface area (Å²) in [6, 6.07) is 23.8. The molecule has 0 spiro atoms. The number of nitrogens with one attached hydrogen (secondary N) is 2. The Labute approximate surface area is 267 Å². The summed E-state index contributed by atoms with van der Waals surface area (Å²) < 4.78 is 34.0. The maximum atomic E-state index is 14.0. The molecular formula is C36H37F2N5O3. The number of anilines is 4. The molecule has 6 rings (SSSR count). The molecule has 10 heteroatoms. The Balaban J connectivity index is 1.08. The highest BCUT2D eigenvalue weighted by atomic mass is 19.1. The fraction of sp³-hybridized carbons (Fsp3) is 0.278. The van der Waals surface area contributed by atoms with Gasteiger partial charge in [-0.3, -0.25) is 9.69 Å². The summed E-state index contributed by atoms with van der Waals surface area (Å²) in [6.45, 7) is 8.86. The van der Waals surface area contributed by atoms with E-state index in [1.807, 2.05) is 62.4 Å². The van der Waals surface area contributed by atoms with Gasteiger partial charge in [-0.05, 0) is 79.9 Å². The van der Waals surface area contributed by atoms with E-state index in [2.05, 4.69) is 26.5 Å². The molecule has 1 fully saturated rings. The molecule has 2 N–H and O–H groups in total. The zero-order valence-corrected chi connectivity index (χ0v) is 25.9. The molecule has 1 saturated heterocycles. The Morgan fingerprint density at radius 2 is 1.54 bits per heavy atom. The van der Waals surface area contributed by atoms with Gasteiger partial charge >= 0.3 is 6.03 Å². The van der Waals surface area contributed by atoms with Crippen LogP contribution in [0.2, 0.25) is 0 Å². The number of carbonyl (C=O) groups is 2. The Bertz CT molecular complexity index is 1720. The molecule has 0 unspecified atom stereocenters. The van der Waals surface area contributed by atoms with Gasteiger partial charge in [0, 0.05) is 56.2 Å². The van der Waals surface area contributed by atoms with Gasteiger partial charge in [-0.15, -0.1) is 0 Å². The van der Waals surface area contributed by atoms with E-state index in [9.17, 15) is 18.4 Å². The van der Waals surface area contributed by atoms with Crippen LogP contribution in [0.15, 0.2) is 84.9 Å². The minimum absolute atomic E-state index is 0.107. The molecule has 0 bridgehead atoms. The molecule has 0 radical (unpaired) electrons. The molecule has 2 heterocycles. The van der Waals surface area contributed by atoms with E-state index >= 15 is 0 Å². The number of para-hydroxylation sites is 3. The number of rotatable bonds is 8. The highest BCUT2D eigenvalue weighted by Gasteiger charge is 2.27. The normalized spacial score (nSPS) is 14.7. The molecule has 2 aliphatic heterocycles. The number of benzene rings is 4. The van der Waals surface area contributed by atoms with Gasteiger partial charge in [0.1, 0.15) is 23.1 Å². The number of hydrogen-bond acceptors (Lipinski definition) is 5. The van der Waals surface area contributed by atoms with Crippen LogP contribution in [-0.4, -0.2) is 55.7 Å². The summed E-state index contributed by atoms with van der Waals surface area (Å²) in [5.74, 6) is -0.960. The van der Waals surface area contributed by atoms with Crippen LogP contribution in [0.1, 0.15) is 35.3 Å². The SMILES string of the molecule is CC(C)Oc1ccccc1N1CCN(Cc2cccc(C(=O)N3CCc4ccc(NC(=O)Nc5c(F)cccc5F)cc43)c2)CC1. The predicted octanol–water partition coefficient (Wildman–Crippen LogP) is 6.92. The molecule has 238 valence electrons. The summed E-state index contributed by atoms with van der Waals surface area (Å²) >= 11 is 0. The molecule has 46 heavy (non-hydrogen) atoms. The highest BCUT2D eigenvalue weighted by Crippen LogP contribution is 2.33. The average Bonchev–Trinajstić information content (AvgIpc) is 3.46. The summed E-state index contributed by atoms with van der Waals surface area (Å²) in [7, 11) is 0. The first kappa shape index (κ1) is 31.0. The van der Waals surface area contributed by atoms with Crippen LogP contribution in [0.25, 0.3) is 0 Å². The molecular weight excluding hydrogens is 588 g/mol. The minimum Gasteiger partial charge on any atom is -0.489 e. The number of carbonyl (C=O) groups excluding carboxylic acids is 2. The van der Waals surface area contributed by atoms with Crippen LogP contribution in [0, 0.1) is 11.6 Å². The molecule has 0 aliphatic carbocycles. The Kier molecular flexibility index (Phi) is 9.16. The summed E-state index contributed by atoms with van der Waals surface area (Å²) in [5.41, 5.74) is 4.33. The monoisotopic (exact) mass is 625 g/mol. The van der Waals surface area contributed by atoms with Crippen molar-refractivity contribution in [3.63, 3.8) is 0 Å². The van der Waals surface area contributed by atoms with Gasteiger partial charge in [0.25, 0.3) is 5.91 Å². The molecule has 8 nitrogen and oxygen atoms in total. The number of urea groups is 1. The van der Waals surface area contributed by atoms with Crippen molar-refractivity contribution >= 4 is 34.7 Å². The van der Waals surface area contributed by atoms with Crippen LogP contribution in [0.5, 0.6) is 5.75 Å². The largest absolute Gasteiger partial charge is 0.489 e. The van der Waals surface area contributed by atoms with Crippen molar-refractivity contribution in [2.24, 2.45) is 0 Å². The van der Waals surface area contributed by atoms with Gasteiger partial charge < -0.3 is 25.2 Å². The Morgan fingerprint density at radius 3 is 2.30 bits per heavy atom. The lowest BCUT2D eigenvalue weighted by atomic mass is 10.1. The van der Waals surface area contributed by atoms with Crippen LogP contribution in [0.4, 0.5) is 36.3 Å². The standard InChI is InChI=1S/C36H37F2N5O3/c1-24(2)46-33-12-4-3-11-31(33)42-19-17-41(18-20-42)23-25-7-5-8-27(21-25)35(44)43-16-15-26-13-14-28(22-32(26)43)39-36(45)40-34-29(37)9-6-10-30(34)38/h3-14,21-22,24H,15-20,23H2,1-2H3,(H2,39,40,45). The van der Waals surface area contributed by atoms with Crippen LogP contribution in [-0.2, 0) is 13.0 Å². The third-order valence-corrected chi connectivity index (χ3v) is 8.21. The maximum absolute atomic E-state index is 14.0. The molecule has 4 aromatic carbocycles. The van der Waals surface area contributed by atoms with Gasteiger partial charge in [-0.2, -0.15) is 0 Å². The number of halogens is 2. The van der Waals surface area contributed by atoms with E-state index < -0.39 is 23.4 Å². The Hall–Kier alpha value is -4.96. The zero-order chi connectivity index (χ0) is 32.2. The van der Waals surface area contributed by atoms with Crippen molar-refractivity contribution in [2.75, 3.05) is 53.2 Å². The minimum atomic E-state index is -0.872. The first-order valence-corrected chi connectivity index (χ1v) is 15.5. The second-order valence-corrected chi connectivity index (χ2v) is 11.8. The molecule has 0 aromatic heterocycles. The van der Waals surface area contributed by atoms with Crippen molar-refractivity contribution in [2.45, 2.75) is 32.9 Å². The van der Waals surface area contributed by atoms with Crippen LogP contribution in [0.3, 0.4) is 0 Å². The third-order valence-electron chi connectivity index (χ3n) is 8.21. The fourth-order valence-electron chi connectivity index (χ4n) is 6.00. The number of amides is 3. The molecule has 4 aromatic rings. The summed E-state index contributed by atoms with van der Waals surface area (Å²) in [5, 5.41) is 4.84. The second-order valence-electron chi connectivity index (χ2n) is 11.8. The Morgan fingerprint density at radius 1 is 0.804 bits per heavy atom. The first-order valence-electron chi connectivity index (χ1n) is 15.5.